The van der Waals surface area contributed by atoms with Crippen molar-refractivity contribution >= 4 is 25.6 Å². The molecule has 0 radical (unpaired) electrons. The van der Waals surface area contributed by atoms with Crippen LogP contribution >= 0.6 is 8.25 Å². The number of hydrogen-bond donors (Lipinski definition) is 1. The maximum atomic E-state index is 9.33. The highest BCUT2D eigenvalue weighted by atomic mass is 31.1. The molecule has 0 heterocycles. The lowest BCUT2D eigenvalue weighted by Gasteiger charge is -1.78. The molecule has 0 aromatic carbocycles. The van der Waals surface area contributed by atoms with Gasteiger partial charge in [0, 0.05) is 7.11 Å². The Hall–Kier alpha value is 0.682. The van der Waals surface area contributed by atoms with Gasteiger partial charge in [0.2, 0.25) is 0 Å². The third-order valence-corrected chi connectivity index (χ3v) is 0.524. The Morgan fingerprint density at radius 1 is 1.83 bits per heavy atom. The lowest BCUT2D eigenvalue weighted by molar-refractivity contribution is 0.343. The summed E-state index contributed by atoms with van der Waals surface area (Å²) < 4.78 is 13.2. The molecular weight excluding hydrogens is 118 g/mol. The van der Waals surface area contributed by atoms with Crippen molar-refractivity contribution in [2.75, 3.05) is 7.11 Å². The third-order valence-electron chi connectivity index (χ3n) is 0.175. The topological polar surface area (TPSA) is 46.5 Å². The molecule has 0 saturated heterocycles. The van der Waals surface area contributed by atoms with Crippen molar-refractivity contribution in [3.05, 3.63) is 0 Å². The van der Waals surface area contributed by atoms with E-state index < -0.39 is 8.25 Å². The van der Waals surface area contributed by atoms with Crippen LogP contribution in [0, 0.1) is 0 Å². The van der Waals surface area contributed by atoms with Gasteiger partial charge < -0.3 is 9.42 Å². The Morgan fingerprint density at radius 2 is 2.00 bits per heavy atom. The molecule has 3 nitrogen and oxygen atoms in total. The van der Waals surface area contributed by atoms with Crippen LogP contribution in [-0.2, 0) is 9.09 Å². The smallest absolute Gasteiger partial charge is 0.316 e. The second kappa shape index (κ2) is 5.68. The maximum absolute atomic E-state index is 9.33. The SMILES string of the molecule is CO[PH](=O)O.[AlH3]. The van der Waals surface area contributed by atoms with Gasteiger partial charge in [0.15, 0.2) is 17.4 Å². The van der Waals surface area contributed by atoms with Crippen LogP contribution in [-0.4, -0.2) is 29.4 Å². The second-order valence-electron chi connectivity index (χ2n) is 0.470. The zero-order chi connectivity index (χ0) is 4.28. The van der Waals surface area contributed by atoms with Gasteiger partial charge in [-0.1, -0.05) is 0 Å². The van der Waals surface area contributed by atoms with Crippen LogP contribution in [0.25, 0.3) is 0 Å². The molecular formula is CH8AlO3P. The quantitative estimate of drug-likeness (QED) is 0.355. The molecule has 0 aromatic heterocycles. The minimum atomic E-state index is -2.62. The Kier molecular flexibility index (Phi) is 9.32. The third kappa shape index (κ3) is 8.82. The molecule has 0 fully saturated rings. The van der Waals surface area contributed by atoms with Gasteiger partial charge in [0.1, 0.15) is 0 Å². The minimum Gasteiger partial charge on any atom is -0.326 e. The van der Waals surface area contributed by atoms with E-state index in [0.29, 0.717) is 0 Å². The highest BCUT2D eigenvalue weighted by Crippen LogP contribution is 2.09. The van der Waals surface area contributed by atoms with E-state index in [0.717, 1.165) is 0 Å². The summed E-state index contributed by atoms with van der Waals surface area (Å²) in [5.74, 6) is 0. The van der Waals surface area contributed by atoms with Crippen molar-refractivity contribution in [3.63, 3.8) is 0 Å². The van der Waals surface area contributed by atoms with E-state index in [9.17, 15) is 4.57 Å². The molecule has 0 aliphatic carbocycles. The van der Waals surface area contributed by atoms with Gasteiger partial charge in [-0.15, -0.1) is 0 Å². The Morgan fingerprint density at radius 3 is 2.00 bits per heavy atom. The predicted octanol–water partition coefficient (Wildman–Crippen LogP) is -1.17. The predicted molar refractivity (Wildman–Crippen MR) is 28.2 cm³/mol. The van der Waals surface area contributed by atoms with Crippen LogP contribution in [0.4, 0.5) is 0 Å². The molecule has 0 aliphatic heterocycles. The molecule has 1 unspecified atom stereocenters. The van der Waals surface area contributed by atoms with E-state index in [-0.39, 0.29) is 17.4 Å². The van der Waals surface area contributed by atoms with E-state index in [1.807, 2.05) is 0 Å². The summed E-state index contributed by atoms with van der Waals surface area (Å²) in [4.78, 5) is 7.69. The Labute approximate surface area is 47.4 Å². The lowest BCUT2D eigenvalue weighted by Crippen LogP contribution is -1.57. The van der Waals surface area contributed by atoms with Crippen LogP contribution in [0.5, 0.6) is 0 Å². The molecule has 0 spiro atoms. The van der Waals surface area contributed by atoms with E-state index in [2.05, 4.69) is 4.52 Å². The summed E-state index contributed by atoms with van der Waals surface area (Å²) in [6.07, 6.45) is 0. The minimum absolute atomic E-state index is 0. The summed E-state index contributed by atoms with van der Waals surface area (Å²) in [6.45, 7) is 0. The van der Waals surface area contributed by atoms with Crippen molar-refractivity contribution in [1.29, 1.82) is 0 Å². The molecule has 1 atom stereocenters. The van der Waals surface area contributed by atoms with Crippen LogP contribution in [0.1, 0.15) is 0 Å². The van der Waals surface area contributed by atoms with Crippen molar-refractivity contribution in [2.24, 2.45) is 0 Å². The van der Waals surface area contributed by atoms with E-state index in [1.165, 1.54) is 7.11 Å². The van der Waals surface area contributed by atoms with E-state index >= 15 is 0 Å². The maximum Gasteiger partial charge on any atom is 0.316 e. The fourth-order valence-electron chi connectivity index (χ4n) is 0. The molecule has 0 aliphatic rings. The zero-order valence-corrected chi connectivity index (χ0v) is 3.76. The van der Waals surface area contributed by atoms with Crippen LogP contribution in [0.2, 0.25) is 0 Å². The van der Waals surface area contributed by atoms with Gasteiger partial charge >= 0.3 is 8.25 Å². The zero-order valence-electron chi connectivity index (χ0n) is 2.76. The highest BCUT2D eigenvalue weighted by molar-refractivity contribution is 7.32. The summed E-state index contributed by atoms with van der Waals surface area (Å²) in [7, 11) is -1.44. The van der Waals surface area contributed by atoms with Gasteiger partial charge in [0.25, 0.3) is 0 Å². The normalized spacial score (nSPS) is 12.3. The standard InChI is InChI=1S/CH5O3P.Al.3H/c1-4-5(2)3;;;;/h5H,1H3,(H,2,3);;;;. The second-order valence-corrected chi connectivity index (χ2v) is 1.41. The molecule has 0 amide bonds. The monoisotopic (exact) mass is 126 g/mol. The lowest BCUT2D eigenvalue weighted by atomic mass is 11.8. The van der Waals surface area contributed by atoms with Gasteiger partial charge in [-0.3, -0.25) is 4.57 Å². The summed E-state index contributed by atoms with van der Waals surface area (Å²) in [5.41, 5.74) is 0. The average molecular weight is 126 g/mol. The van der Waals surface area contributed by atoms with Gasteiger partial charge in [-0.25, -0.2) is 0 Å². The van der Waals surface area contributed by atoms with Crippen LogP contribution in [0.15, 0.2) is 0 Å². The van der Waals surface area contributed by atoms with Crippen molar-refractivity contribution in [2.45, 2.75) is 0 Å². The first-order valence-electron chi connectivity index (χ1n) is 1.04. The summed E-state index contributed by atoms with van der Waals surface area (Å²) >= 11 is 0. The average Bonchev–Trinajstić information content (AvgIpc) is 1.38. The van der Waals surface area contributed by atoms with Gasteiger partial charge in [-0.2, -0.15) is 0 Å². The van der Waals surface area contributed by atoms with E-state index in [1.54, 1.807) is 0 Å². The molecule has 5 heteroatoms. The first-order valence-corrected chi connectivity index (χ1v) is 2.30. The largest absolute Gasteiger partial charge is 0.326 e. The number of rotatable bonds is 1. The van der Waals surface area contributed by atoms with Crippen molar-refractivity contribution < 1.29 is 14.0 Å². The molecule has 38 valence electrons. The Bertz CT molecular complexity index is 46.1. The molecule has 6 heavy (non-hydrogen) atoms. The fraction of sp³-hybridized carbons (Fsp3) is 1.00. The van der Waals surface area contributed by atoms with E-state index in [4.69, 9.17) is 4.89 Å². The van der Waals surface area contributed by atoms with Crippen LogP contribution < -0.4 is 0 Å². The first-order chi connectivity index (χ1) is 2.27. The first kappa shape index (κ1) is 9.84. The van der Waals surface area contributed by atoms with Crippen molar-refractivity contribution in [3.8, 4) is 0 Å². The van der Waals surface area contributed by atoms with Crippen molar-refractivity contribution in [1.82, 2.24) is 0 Å². The molecule has 1 N–H and O–H groups in total. The number of hydrogen-bond acceptors (Lipinski definition) is 2. The molecule has 0 saturated carbocycles. The highest BCUT2D eigenvalue weighted by Gasteiger charge is 1.74. The van der Waals surface area contributed by atoms with Gasteiger partial charge in [-0.05, 0) is 0 Å². The molecule has 0 rings (SSSR count). The molecule has 0 aromatic rings. The Balaban J connectivity index is 0. The fourth-order valence-corrected chi connectivity index (χ4v) is 0. The molecule has 0 bridgehead atoms. The van der Waals surface area contributed by atoms with Gasteiger partial charge in [0.05, 0.1) is 0 Å². The van der Waals surface area contributed by atoms with Crippen LogP contribution in [0.3, 0.4) is 0 Å². The summed E-state index contributed by atoms with van der Waals surface area (Å²) in [5, 5.41) is 0. The summed E-state index contributed by atoms with van der Waals surface area (Å²) in [6, 6.07) is 0.